The van der Waals surface area contributed by atoms with Gasteiger partial charge in [0.05, 0.1) is 0 Å². The summed E-state index contributed by atoms with van der Waals surface area (Å²) in [6.07, 6.45) is 0.551. The number of hydrogen-bond donors (Lipinski definition) is 0. The number of aryl methyl sites for hydroxylation is 1. The summed E-state index contributed by atoms with van der Waals surface area (Å²) in [5, 5.41) is 10.8. The van der Waals surface area contributed by atoms with Crippen LogP contribution in [0.1, 0.15) is 22.8 Å². The number of rotatable bonds is 3. The second-order valence-corrected chi connectivity index (χ2v) is 3.21. The Morgan fingerprint density at radius 3 is 2.57 bits per heavy atom. The lowest BCUT2D eigenvalue weighted by Gasteiger charge is -2.07. The summed E-state index contributed by atoms with van der Waals surface area (Å²) in [4.78, 5) is 21.5. The molecule has 1 aromatic carbocycles. The SMILES string of the molecule is CCc1cc(Cl)ccc1C(=O)C(=O)[O-]. The quantitative estimate of drug-likeness (QED) is 0.550. The van der Waals surface area contributed by atoms with Gasteiger partial charge in [-0.15, -0.1) is 0 Å². The maximum absolute atomic E-state index is 11.1. The van der Waals surface area contributed by atoms with Crippen LogP contribution < -0.4 is 5.11 Å². The zero-order chi connectivity index (χ0) is 10.7. The molecule has 14 heavy (non-hydrogen) atoms. The first-order valence-corrected chi connectivity index (χ1v) is 4.48. The molecular formula is C10H8ClO3-. The summed E-state index contributed by atoms with van der Waals surface area (Å²) in [7, 11) is 0. The lowest BCUT2D eigenvalue weighted by molar-refractivity contribution is -0.296. The Morgan fingerprint density at radius 2 is 2.07 bits per heavy atom. The number of hydrogen-bond acceptors (Lipinski definition) is 3. The second kappa shape index (κ2) is 4.24. The minimum Gasteiger partial charge on any atom is -0.541 e. The molecule has 74 valence electrons. The van der Waals surface area contributed by atoms with Gasteiger partial charge in [0.25, 0.3) is 0 Å². The molecule has 1 rings (SSSR count). The maximum Gasteiger partial charge on any atom is 0.208 e. The normalized spacial score (nSPS) is 9.86. The molecule has 1 aromatic rings. The third-order valence-electron chi connectivity index (χ3n) is 1.88. The molecule has 0 aromatic heterocycles. The van der Waals surface area contributed by atoms with Gasteiger partial charge in [0.2, 0.25) is 5.78 Å². The van der Waals surface area contributed by atoms with E-state index >= 15 is 0 Å². The van der Waals surface area contributed by atoms with Gasteiger partial charge in [0.15, 0.2) is 0 Å². The molecule has 0 amide bonds. The summed E-state index contributed by atoms with van der Waals surface area (Å²) >= 11 is 5.71. The number of halogens is 1. The molecule has 0 aliphatic carbocycles. The highest BCUT2D eigenvalue weighted by molar-refractivity contribution is 6.39. The highest BCUT2D eigenvalue weighted by atomic mass is 35.5. The standard InChI is InChI=1S/C10H9ClO3/c1-2-6-5-7(11)3-4-8(6)9(12)10(13)14/h3-5H,2H2,1H3,(H,13,14)/p-1. The van der Waals surface area contributed by atoms with E-state index < -0.39 is 11.8 Å². The van der Waals surface area contributed by atoms with E-state index in [1.54, 1.807) is 6.07 Å². The summed E-state index contributed by atoms with van der Waals surface area (Å²) in [6, 6.07) is 4.47. The topological polar surface area (TPSA) is 57.2 Å². The van der Waals surface area contributed by atoms with Gasteiger partial charge in [-0.1, -0.05) is 18.5 Å². The van der Waals surface area contributed by atoms with Crippen molar-refractivity contribution in [3.63, 3.8) is 0 Å². The van der Waals surface area contributed by atoms with Crippen LogP contribution in [-0.4, -0.2) is 11.8 Å². The average molecular weight is 212 g/mol. The summed E-state index contributed by atoms with van der Waals surface area (Å²) < 4.78 is 0. The summed E-state index contributed by atoms with van der Waals surface area (Å²) in [5.41, 5.74) is 0.767. The Morgan fingerprint density at radius 1 is 1.43 bits per heavy atom. The van der Waals surface area contributed by atoms with Crippen molar-refractivity contribution in [2.75, 3.05) is 0 Å². The molecule has 0 fully saturated rings. The second-order valence-electron chi connectivity index (χ2n) is 2.77. The third kappa shape index (κ3) is 2.12. The van der Waals surface area contributed by atoms with E-state index in [0.29, 0.717) is 17.0 Å². The minimum absolute atomic E-state index is 0.150. The zero-order valence-electron chi connectivity index (χ0n) is 7.54. The van der Waals surface area contributed by atoms with Crippen molar-refractivity contribution in [1.29, 1.82) is 0 Å². The summed E-state index contributed by atoms with van der Waals surface area (Å²) in [5.74, 6) is -2.69. The van der Waals surface area contributed by atoms with Crippen molar-refractivity contribution in [3.05, 3.63) is 34.3 Å². The van der Waals surface area contributed by atoms with E-state index in [0.717, 1.165) is 0 Å². The van der Waals surface area contributed by atoms with Crippen LogP contribution in [0.15, 0.2) is 18.2 Å². The molecule has 0 saturated heterocycles. The van der Waals surface area contributed by atoms with Crippen LogP contribution in [0.4, 0.5) is 0 Å². The smallest absolute Gasteiger partial charge is 0.208 e. The third-order valence-corrected chi connectivity index (χ3v) is 2.11. The van der Waals surface area contributed by atoms with Crippen molar-refractivity contribution in [3.8, 4) is 0 Å². The predicted molar refractivity (Wildman–Crippen MR) is 50.2 cm³/mol. The molecule has 0 saturated carbocycles. The Balaban J connectivity index is 3.20. The lowest BCUT2D eigenvalue weighted by atomic mass is 10.0. The fraction of sp³-hybridized carbons (Fsp3) is 0.200. The number of ketones is 1. The maximum atomic E-state index is 11.1. The van der Waals surface area contributed by atoms with Crippen molar-refractivity contribution in [2.24, 2.45) is 0 Å². The van der Waals surface area contributed by atoms with E-state index in [4.69, 9.17) is 11.6 Å². The number of carbonyl (C=O) groups is 2. The minimum atomic E-state index is -1.69. The Hall–Kier alpha value is -1.35. The lowest BCUT2D eigenvalue weighted by Crippen LogP contribution is -2.32. The Labute approximate surface area is 86.3 Å². The van der Waals surface area contributed by atoms with E-state index in [1.807, 2.05) is 6.92 Å². The van der Waals surface area contributed by atoms with Crippen molar-refractivity contribution < 1.29 is 14.7 Å². The number of carbonyl (C=O) groups excluding carboxylic acids is 2. The van der Waals surface area contributed by atoms with Crippen LogP contribution in [0.2, 0.25) is 5.02 Å². The Kier molecular flexibility index (Phi) is 3.25. The van der Waals surface area contributed by atoms with Crippen LogP contribution in [0.5, 0.6) is 0 Å². The number of carboxylic acid groups (broad SMARTS) is 1. The molecule has 0 aliphatic rings. The van der Waals surface area contributed by atoms with E-state index in [9.17, 15) is 14.7 Å². The van der Waals surface area contributed by atoms with E-state index in [1.165, 1.54) is 12.1 Å². The van der Waals surface area contributed by atoms with Crippen molar-refractivity contribution in [2.45, 2.75) is 13.3 Å². The van der Waals surface area contributed by atoms with Gasteiger partial charge in [-0.05, 0) is 30.2 Å². The Bertz CT molecular complexity index is 385. The molecule has 0 unspecified atom stereocenters. The first kappa shape index (κ1) is 10.7. The van der Waals surface area contributed by atoms with Gasteiger partial charge in [0.1, 0.15) is 5.97 Å². The van der Waals surface area contributed by atoms with Crippen molar-refractivity contribution in [1.82, 2.24) is 0 Å². The highest BCUT2D eigenvalue weighted by Gasteiger charge is 2.11. The van der Waals surface area contributed by atoms with Crippen LogP contribution in [0.25, 0.3) is 0 Å². The van der Waals surface area contributed by atoms with Crippen LogP contribution in [0, 0.1) is 0 Å². The fourth-order valence-corrected chi connectivity index (χ4v) is 1.38. The van der Waals surface area contributed by atoms with Gasteiger partial charge in [-0.3, -0.25) is 4.79 Å². The predicted octanol–water partition coefficient (Wildman–Crippen LogP) is 0.835. The summed E-state index contributed by atoms with van der Waals surface area (Å²) in [6.45, 7) is 1.82. The van der Waals surface area contributed by atoms with Crippen LogP contribution in [-0.2, 0) is 11.2 Å². The van der Waals surface area contributed by atoms with Gasteiger partial charge in [0, 0.05) is 10.6 Å². The number of Topliss-reactive ketones (excluding diaryl/α,β-unsaturated/α-hetero) is 1. The van der Waals surface area contributed by atoms with Gasteiger partial charge >= 0.3 is 0 Å². The van der Waals surface area contributed by atoms with E-state index in [2.05, 4.69) is 0 Å². The van der Waals surface area contributed by atoms with Gasteiger partial charge in [-0.25, -0.2) is 0 Å². The van der Waals surface area contributed by atoms with Gasteiger partial charge < -0.3 is 9.90 Å². The van der Waals surface area contributed by atoms with Crippen LogP contribution >= 0.6 is 11.6 Å². The molecular weight excluding hydrogens is 204 g/mol. The molecule has 0 spiro atoms. The molecule has 0 N–H and O–H groups in total. The first-order chi connectivity index (χ1) is 6.56. The highest BCUT2D eigenvalue weighted by Crippen LogP contribution is 2.17. The largest absolute Gasteiger partial charge is 0.541 e. The number of carboxylic acids is 1. The zero-order valence-corrected chi connectivity index (χ0v) is 8.30. The first-order valence-electron chi connectivity index (χ1n) is 4.10. The molecule has 0 radical (unpaired) electrons. The molecule has 0 bridgehead atoms. The molecule has 0 heterocycles. The fourth-order valence-electron chi connectivity index (χ4n) is 1.19. The molecule has 4 heteroatoms. The van der Waals surface area contributed by atoms with Crippen molar-refractivity contribution >= 4 is 23.4 Å². The monoisotopic (exact) mass is 211 g/mol. The van der Waals surface area contributed by atoms with E-state index in [-0.39, 0.29) is 5.56 Å². The number of benzene rings is 1. The van der Waals surface area contributed by atoms with Gasteiger partial charge in [-0.2, -0.15) is 0 Å². The van der Waals surface area contributed by atoms with Crippen LogP contribution in [0.3, 0.4) is 0 Å². The average Bonchev–Trinajstić information content (AvgIpc) is 2.16. The number of aliphatic carboxylic acids is 1. The molecule has 0 aliphatic heterocycles. The molecule has 3 nitrogen and oxygen atoms in total. The molecule has 0 atom stereocenters.